The van der Waals surface area contributed by atoms with E-state index in [1.807, 2.05) is 27.7 Å². The number of hydrogen-bond donors (Lipinski definition) is 1. The Kier molecular flexibility index (Phi) is 7.46. The van der Waals surface area contributed by atoms with Crippen molar-refractivity contribution in [1.29, 1.82) is 0 Å². The highest BCUT2D eigenvalue weighted by Crippen LogP contribution is 2.27. The van der Waals surface area contributed by atoms with Crippen molar-refractivity contribution in [2.75, 3.05) is 36.5 Å². The summed E-state index contributed by atoms with van der Waals surface area (Å²) in [7, 11) is 0. The van der Waals surface area contributed by atoms with E-state index < -0.39 is 0 Å². The van der Waals surface area contributed by atoms with Gasteiger partial charge in [0.25, 0.3) is 5.91 Å². The van der Waals surface area contributed by atoms with Crippen LogP contribution >= 0.6 is 11.3 Å². The first kappa shape index (κ1) is 24.8. The summed E-state index contributed by atoms with van der Waals surface area (Å²) < 4.78 is 5.38. The third-order valence-electron chi connectivity index (χ3n) is 5.61. The van der Waals surface area contributed by atoms with E-state index in [4.69, 9.17) is 4.74 Å². The number of carbonyl (C=O) groups excluding carboxylic acids is 2. The predicted molar refractivity (Wildman–Crippen MR) is 133 cm³/mol. The molecule has 1 amide bonds. The molecule has 0 aliphatic carbocycles. The third kappa shape index (κ3) is 6.23. The van der Waals surface area contributed by atoms with Gasteiger partial charge in [-0.25, -0.2) is 24.9 Å². The molecule has 11 heteroatoms. The Bertz CT molecular complexity index is 1200. The largest absolute Gasteiger partial charge is 0.378 e. The molecule has 10 nitrogen and oxygen atoms in total. The van der Waals surface area contributed by atoms with Gasteiger partial charge in [0.15, 0.2) is 5.78 Å². The second kappa shape index (κ2) is 10.5. The number of carbonyl (C=O) groups is 2. The van der Waals surface area contributed by atoms with Crippen molar-refractivity contribution < 1.29 is 14.3 Å². The van der Waals surface area contributed by atoms with Crippen LogP contribution in [0.15, 0.2) is 31.0 Å². The Labute approximate surface area is 208 Å². The van der Waals surface area contributed by atoms with Crippen LogP contribution in [0.25, 0.3) is 0 Å². The molecule has 3 aromatic rings. The summed E-state index contributed by atoms with van der Waals surface area (Å²) in [6.45, 7) is 10.8. The number of ether oxygens (including phenoxy) is 1. The summed E-state index contributed by atoms with van der Waals surface area (Å²) in [6.07, 6.45) is 4.63. The normalized spacial score (nSPS) is 15.0. The first-order chi connectivity index (χ1) is 16.7. The lowest BCUT2D eigenvalue weighted by Crippen LogP contribution is -2.36. The maximum atomic E-state index is 12.9. The smallest absolute Gasteiger partial charge is 0.268 e. The molecule has 1 atom stereocenters. The van der Waals surface area contributed by atoms with Gasteiger partial charge in [-0.2, -0.15) is 0 Å². The Morgan fingerprint density at radius 2 is 1.83 bits per heavy atom. The first-order valence-corrected chi connectivity index (χ1v) is 12.3. The number of morpholine rings is 1. The van der Waals surface area contributed by atoms with Crippen LogP contribution in [-0.4, -0.2) is 62.9 Å². The molecule has 1 aliphatic heterocycles. The molecule has 1 saturated heterocycles. The molecule has 0 spiro atoms. The highest BCUT2D eigenvalue weighted by Gasteiger charge is 2.22. The third-order valence-corrected chi connectivity index (χ3v) is 6.84. The minimum atomic E-state index is -0.295. The predicted octanol–water partition coefficient (Wildman–Crippen LogP) is 3.49. The number of nitrogens with one attached hydrogen (secondary N) is 1. The Hall–Kier alpha value is -3.31. The number of amides is 1. The molecule has 184 valence electrons. The molecule has 3 aromatic heterocycles. The van der Waals surface area contributed by atoms with E-state index in [0.29, 0.717) is 34.6 Å². The Morgan fingerprint density at radius 3 is 2.57 bits per heavy atom. The maximum Gasteiger partial charge on any atom is 0.268 e. The van der Waals surface area contributed by atoms with Gasteiger partial charge in [-0.1, -0.05) is 27.7 Å². The van der Waals surface area contributed by atoms with Crippen molar-refractivity contribution >= 4 is 34.7 Å². The van der Waals surface area contributed by atoms with Crippen molar-refractivity contribution in [3.05, 3.63) is 52.3 Å². The van der Waals surface area contributed by atoms with Gasteiger partial charge in [0.2, 0.25) is 0 Å². The summed E-state index contributed by atoms with van der Waals surface area (Å²) >= 11 is 1.27. The zero-order valence-corrected chi connectivity index (χ0v) is 21.1. The van der Waals surface area contributed by atoms with Crippen molar-refractivity contribution in [1.82, 2.24) is 24.9 Å². The van der Waals surface area contributed by atoms with Crippen molar-refractivity contribution in [3.63, 3.8) is 0 Å². The molecule has 0 bridgehead atoms. The van der Waals surface area contributed by atoms with Gasteiger partial charge in [0.05, 0.1) is 30.1 Å². The van der Waals surface area contributed by atoms with Gasteiger partial charge in [-0.3, -0.25) is 9.59 Å². The van der Waals surface area contributed by atoms with Crippen LogP contribution in [0.2, 0.25) is 0 Å². The van der Waals surface area contributed by atoms with E-state index in [1.165, 1.54) is 30.2 Å². The molecular weight excluding hydrogens is 466 g/mol. The van der Waals surface area contributed by atoms with E-state index >= 15 is 0 Å². The molecule has 1 fully saturated rings. The Morgan fingerprint density at radius 1 is 1.09 bits per heavy atom. The average molecular weight is 496 g/mol. The van der Waals surface area contributed by atoms with E-state index in [2.05, 4.69) is 35.1 Å². The molecule has 0 aromatic carbocycles. The number of Topliss-reactive ketones (excluding diaryl/α,β-unsaturated/α-hetero) is 1. The highest BCUT2D eigenvalue weighted by molar-refractivity contribution is 7.13. The SMILES string of the molecule is CC(CC(=O)c1cc(N2CCOCC2)ncn1)c1ncc(C(=O)Nc2cc(C(C)(C)C)ncn2)s1. The lowest BCUT2D eigenvalue weighted by molar-refractivity contribution is 0.0969. The highest BCUT2D eigenvalue weighted by atomic mass is 32.1. The number of hydrogen-bond acceptors (Lipinski definition) is 10. The van der Waals surface area contributed by atoms with Gasteiger partial charge in [0.1, 0.15) is 34.9 Å². The lowest BCUT2D eigenvalue weighted by atomic mass is 9.92. The van der Waals surface area contributed by atoms with Gasteiger partial charge >= 0.3 is 0 Å². The number of thiazole rings is 1. The van der Waals surface area contributed by atoms with Gasteiger partial charge in [-0.15, -0.1) is 11.3 Å². The molecule has 35 heavy (non-hydrogen) atoms. The summed E-state index contributed by atoms with van der Waals surface area (Å²) in [5, 5.41) is 3.52. The van der Waals surface area contributed by atoms with Crippen LogP contribution in [0.4, 0.5) is 11.6 Å². The second-order valence-corrected chi connectivity index (χ2v) is 10.5. The zero-order chi connectivity index (χ0) is 25.0. The van der Waals surface area contributed by atoms with Crippen LogP contribution in [0, 0.1) is 0 Å². The van der Waals surface area contributed by atoms with E-state index in [-0.39, 0.29) is 29.4 Å². The summed E-state index contributed by atoms with van der Waals surface area (Å²) in [4.78, 5) is 49.5. The van der Waals surface area contributed by atoms with Crippen molar-refractivity contribution in [2.24, 2.45) is 0 Å². The topological polar surface area (TPSA) is 123 Å². The van der Waals surface area contributed by atoms with Gasteiger partial charge < -0.3 is 15.0 Å². The molecular formula is C24H29N7O3S. The number of nitrogens with zero attached hydrogens (tertiary/aromatic N) is 6. The summed E-state index contributed by atoms with van der Waals surface area (Å²) in [5.74, 6) is 0.616. The van der Waals surface area contributed by atoms with Crippen LogP contribution in [0.3, 0.4) is 0 Å². The number of ketones is 1. The zero-order valence-electron chi connectivity index (χ0n) is 20.3. The molecule has 0 radical (unpaired) electrons. The van der Waals surface area contributed by atoms with E-state index in [1.54, 1.807) is 12.1 Å². The monoisotopic (exact) mass is 495 g/mol. The fourth-order valence-corrected chi connectivity index (χ4v) is 4.43. The number of aromatic nitrogens is 5. The first-order valence-electron chi connectivity index (χ1n) is 11.5. The summed E-state index contributed by atoms with van der Waals surface area (Å²) in [5.41, 5.74) is 1.05. The fraction of sp³-hybridized carbons (Fsp3) is 0.458. The standard InChI is InChI=1S/C24H29N7O3S/c1-15(9-17(32)16-10-21(29-13-26-16)31-5-7-34-8-6-31)23-25-12-18(35-23)22(33)30-20-11-19(24(2,3)4)27-14-28-20/h10-15H,5-9H2,1-4H3,(H,27,28,30,33). The minimum Gasteiger partial charge on any atom is -0.378 e. The molecule has 1 N–H and O–H groups in total. The van der Waals surface area contributed by atoms with E-state index in [9.17, 15) is 9.59 Å². The van der Waals surface area contributed by atoms with E-state index in [0.717, 1.165) is 24.6 Å². The Balaban J connectivity index is 1.39. The summed E-state index contributed by atoms with van der Waals surface area (Å²) in [6, 6.07) is 3.50. The molecule has 4 heterocycles. The van der Waals surface area contributed by atoms with Crippen LogP contribution in [-0.2, 0) is 10.2 Å². The van der Waals surface area contributed by atoms with Crippen LogP contribution in [0.5, 0.6) is 0 Å². The molecule has 1 aliphatic rings. The van der Waals surface area contributed by atoms with Crippen molar-refractivity contribution in [3.8, 4) is 0 Å². The lowest BCUT2D eigenvalue weighted by Gasteiger charge is -2.27. The molecule has 1 unspecified atom stereocenters. The average Bonchev–Trinajstić information content (AvgIpc) is 3.35. The number of rotatable bonds is 7. The van der Waals surface area contributed by atoms with Crippen molar-refractivity contribution in [2.45, 2.75) is 45.4 Å². The molecule has 4 rings (SSSR count). The maximum absolute atomic E-state index is 12.9. The van der Waals surface area contributed by atoms with Gasteiger partial charge in [-0.05, 0) is 0 Å². The fourth-order valence-electron chi connectivity index (χ4n) is 3.57. The van der Waals surface area contributed by atoms with Crippen LogP contribution in [0.1, 0.15) is 70.9 Å². The quantitative estimate of drug-likeness (QED) is 0.491. The minimum absolute atomic E-state index is 0.0914. The second-order valence-electron chi connectivity index (χ2n) is 9.44. The molecule has 0 saturated carbocycles. The van der Waals surface area contributed by atoms with Gasteiger partial charge in [0, 0.05) is 43.0 Å². The number of anilines is 2. The van der Waals surface area contributed by atoms with Crippen LogP contribution < -0.4 is 10.2 Å².